The number of nitrogens with zero attached hydrogens (tertiary/aromatic N) is 3. The number of ether oxygens (including phenoxy) is 2. The molecule has 1 N–H and O–H groups in total. The lowest BCUT2D eigenvalue weighted by atomic mass is 10.3. The summed E-state index contributed by atoms with van der Waals surface area (Å²) in [6.45, 7) is 7.65. The molecular formula is C13H26N4O3. The minimum absolute atomic E-state index is 0.0582. The molecule has 1 aromatic heterocycles. The maximum atomic E-state index is 5.73. The number of hydrogen-bond acceptors (Lipinski definition) is 7. The Bertz CT molecular complexity index is 351. The normalized spacial score (nSPS) is 12.6. The summed E-state index contributed by atoms with van der Waals surface area (Å²) >= 11 is 0. The summed E-state index contributed by atoms with van der Waals surface area (Å²) in [7, 11) is 3.34. The van der Waals surface area contributed by atoms with E-state index in [1.54, 1.807) is 14.2 Å². The molecule has 0 spiro atoms. The van der Waals surface area contributed by atoms with Gasteiger partial charge in [-0.2, -0.15) is 0 Å². The fourth-order valence-corrected chi connectivity index (χ4v) is 1.68. The predicted molar refractivity (Wildman–Crippen MR) is 77.0 cm³/mol. The van der Waals surface area contributed by atoms with Crippen LogP contribution in [-0.2, 0) is 9.47 Å². The van der Waals surface area contributed by atoms with Crippen LogP contribution in [0, 0.1) is 0 Å². The molecule has 116 valence electrons. The Morgan fingerprint density at radius 2 is 1.85 bits per heavy atom. The molecule has 0 aliphatic rings. The highest BCUT2D eigenvalue weighted by atomic mass is 16.5. The third-order valence-electron chi connectivity index (χ3n) is 2.90. The monoisotopic (exact) mass is 286 g/mol. The second-order valence-electron chi connectivity index (χ2n) is 4.57. The van der Waals surface area contributed by atoms with Gasteiger partial charge in [0.15, 0.2) is 0 Å². The highest BCUT2D eigenvalue weighted by molar-refractivity contribution is 5.24. The van der Waals surface area contributed by atoms with E-state index in [0.717, 1.165) is 13.0 Å². The van der Waals surface area contributed by atoms with Crippen molar-refractivity contribution >= 4 is 6.01 Å². The van der Waals surface area contributed by atoms with E-state index in [1.807, 2.05) is 11.8 Å². The average molecular weight is 286 g/mol. The lowest BCUT2D eigenvalue weighted by Crippen LogP contribution is -2.30. The topological polar surface area (TPSA) is 72.7 Å². The molecule has 1 rings (SSSR count). The van der Waals surface area contributed by atoms with Crippen LogP contribution in [0.4, 0.5) is 6.01 Å². The first-order chi connectivity index (χ1) is 9.72. The summed E-state index contributed by atoms with van der Waals surface area (Å²) < 4.78 is 15.9. The van der Waals surface area contributed by atoms with Gasteiger partial charge in [-0.05, 0) is 19.9 Å². The maximum Gasteiger partial charge on any atom is 0.318 e. The van der Waals surface area contributed by atoms with Crippen molar-refractivity contribution in [2.75, 3.05) is 52.0 Å². The number of rotatable bonds is 11. The van der Waals surface area contributed by atoms with Gasteiger partial charge >= 0.3 is 6.01 Å². The minimum atomic E-state index is 0.0582. The number of hydrogen-bond donors (Lipinski definition) is 1. The van der Waals surface area contributed by atoms with Gasteiger partial charge < -0.3 is 24.1 Å². The maximum absolute atomic E-state index is 5.73. The standard InChI is InChI=1S/C13H26N4O3/c1-5-6-14-11(2)12-15-16-13(20-12)17(7-9-18-3)8-10-19-4/h11,14H,5-10H2,1-4H3. The molecule has 0 aliphatic carbocycles. The second kappa shape index (κ2) is 9.68. The Hall–Kier alpha value is -1.18. The van der Waals surface area contributed by atoms with Gasteiger partial charge in [0, 0.05) is 27.3 Å². The van der Waals surface area contributed by atoms with E-state index in [1.165, 1.54) is 0 Å². The SMILES string of the molecule is CCCNC(C)c1nnc(N(CCOC)CCOC)o1. The van der Waals surface area contributed by atoms with Crippen LogP contribution in [0.3, 0.4) is 0 Å². The Kier molecular flexibility index (Phi) is 8.17. The molecule has 0 aliphatic heterocycles. The van der Waals surface area contributed by atoms with Crippen LogP contribution in [0.15, 0.2) is 4.42 Å². The fourth-order valence-electron chi connectivity index (χ4n) is 1.68. The summed E-state index contributed by atoms with van der Waals surface area (Å²) in [6, 6.07) is 0.571. The number of aromatic nitrogens is 2. The van der Waals surface area contributed by atoms with Crippen molar-refractivity contribution in [2.45, 2.75) is 26.3 Å². The van der Waals surface area contributed by atoms with Crippen molar-refractivity contribution in [1.82, 2.24) is 15.5 Å². The summed E-state index contributed by atoms with van der Waals surface area (Å²) in [5, 5.41) is 11.5. The summed E-state index contributed by atoms with van der Waals surface area (Å²) in [6.07, 6.45) is 1.07. The van der Waals surface area contributed by atoms with E-state index in [-0.39, 0.29) is 6.04 Å². The largest absolute Gasteiger partial charge is 0.406 e. The molecule has 0 fully saturated rings. The summed E-state index contributed by atoms with van der Waals surface area (Å²) in [4.78, 5) is 1.97. The third kappa shape index (κ3) is 5.44. The zero-order valence-electron chi connectivity index (χ0n) is 12.9. The van der Waals surface area contributed by atoms with Crippen molar-refractivity contribution in [3.8, 4) is 0 Å². The van der Waals surface area contributed by atoms with Crippen molar-refractivity contribution in [2.24, 2.45) is 0 Å². The van der Waals surface area contributed by atoms with Gasteiger partial charge in [-0.25, -0.2) is 0 Å². The van der Waals surface area contributed by atoms with Gasteiger partial charge in [-0.1, -0.05) is 12.0 Å². The quantitative estimate of drug-likeness (QED) is 0.656. The lowest BCUT2D eigenvalue weighted by Gasteiger charge is -2.19. The molecule has 1 unspecified atom stereocenters. The second-order valence-corrected chi connectivity index (χ2v) is 4.57. The van der Waals surface area contributed by atoms with E-state index in [4.69, 9.17) is 13.9 Å². The van der Waals surface area contributed by atoms with Gasteiger partial charge in [0.05, 0.1) is 19.3 Å². The molecule has 1 aromatic rings. The van der Waals surface area contributed by atoms with E-state index >= 15 is 0 Å². The van der Waals surface area contributed by atoms with Crippen LogP contribution in [0.5, 0.6) is 0 Å². The summed E-state index contributed by atoms with van der Waals surface area (Å²) in [5.74, 6) is 0.605. The molecule has 0 saturated heterocycles. The highest BCUT2D eigenvalue weighted by Crippen LogP contribution is 2.17. The Morgan fingerprint density at radius 1 is 1.20 bits per heavy atom. The molecule has 20 heavy (non-hydrogen) atoms. The van der Waals surface area contributed by atoms with Crippen LogP contribution in [-0.4, -0.2) is 57.3 Å². The van der Waals surface area contributed by atoms with Crippen LogP contribution < -0.4 is 10.2 Å². The molecular weight excluding hydrogens is 260 g/mol. The van der Waals surface area contributed by atoms with Crippen molar-refractivity contribution in [3.63, 3.8) is 0 Å². The summed E-state index contributed by atoms with van der Waals surface area (Å²) in [5.41, 5.74) is 0. The van der Waals surface area contributed by atoms with Gasteiger partial charge in [-0.15, -0.1) is 5.10 Å². The third-order valence-corrected chi connectivity index (χ3v) is 2.90. The smallest absolute Gasteiger partial charge is 0.318 e. The molecule has 7 nitrogen and oxygen atoms in total. The molecule has 7 heteroatoms. The molecule has 0 radical (unpaired) electrons. The van der Waals surface area contributed by atoms with E-state index in [9.17, 15) is 0 Å². The number of anilines is 1. The Morgan fingerprint density at radius 3 is 2.40 bits per heavy atom. The van der Waals surface area contributed by atoms with Crippen LogP contribution in [0.25, 0.3) is 0 Å². The van der Waals surface area contributed by atoms with Crippen molar-refractivity contribution < 1.29 is 13.9 Å². The minimum Gasteiger partial charge on any atom is -0.406 e. The molecule has 0 amide bonds. The van der Waals surface area contributed by atoms with E-state index in [0.29, 0.717) is 38.2 Å². The molecule has 0 bridgehead atoms. The first-order valence-electron chi connectivity index (χ1n) is 7.02. The van der Waals surface area contributed by atoms with E-state index < -0.39 is 0 Å². The van der Waals surface area contributed by atoms with Gasteiger partial charge in [0.1, 0.15) is 0 Å². The van der Waals surface area contributed by atoms with Crippen molar-refractivity contribution in [3.05, 3.63) is 5.89 Å². The predicted octanol–water partition coefficient (Wildman–Crippen LogP) is 1.23. The van der Waals surface area contributed by atoms with Crippen LogP contribution in [0.1, 0.15) is 32.2 Å². The van der Waals surface area contributed by atoms with Crippen molar-refractivity contribution in [1.29, 1.82) is 0 Å². The van der Waals surface area contributed by atoms with Gasteiger partial charge in [-0.3, -0.25) is 0 Å². The molecule has 0 saturated carbocycles. The first-order valence-corrected chi connectivity index (χ1v) is 7.02. The number of methoxy groups -OCH3 is 2. The molecule has 1 heterocycles. The first kappa shape index (κ1) is 16.9. The van der Waals surface area contributed by atoms with Gasteiger partial charge in [0.2, 0.25) is 5.89 Å². The number of nitrogens with one attached hydrogen (secondary N) is 1. The average Bonchev–Trinajstić information content (AvgIpc) is 2.94. The van der Waals surface area contributed by atoms with E-state index in [2.05, 4.69) is 22.4 Å². The molecule has 0 aromatic carbocycles. The zero-order chi connectivity index (χ0) is 14.8. The Labute approximate surface area is 120 Å². The molecule has 1 atom stereocenters. The van der Waals surface area contributed by atoms with Crippen LogP contribution in [0.2, 0.25) is 0 Å². The Balaban J connectivity index is 2.63. The fraction of sp³-hybridized carbons (Fsp3) is 0.846. The lowest BCUT2D eigenvalue weighted by molar-refractivity contribution is 0.188. The van der Waals surface area contributed by atoms with Gasteiger partial charge in [0.25, 0.3) is 0 Å². The van der Waals surface area contributed by atoms with Crippen LogP contribution >= 0.6 is 0 Å². The highest BCUT2D eigenvalue weighted by Gasteiger charge is 2.17. The zero-order valence-corrected chi connectivity index (χ0v) is 12.9.